The molecule has 0 saturated heterocycles. The standard InChI is InChI=1S/C19H21NO4/c1-14-3-7-17(8-4-14)23-12-11-20-19(22)13-24-18-9-5-16(6-10-18)15(2)21/h3-10H,11-13H2,1-2H3,(H,20,22). The van der Waals surface area contributed by atoms with Gasteiger partial charge >= 0.3 is 0 Å². The largest absolute Gasteiger partial charge is 0.492 e. The molecular formula is C19H21NO4. The van der Waals surface area contributed by atoms with E-state index in [4.69, 9.17) is 9.47 Å². The van der Waals surface area contributed by atoms with Gasteiger partial charge < -0.3 is 14.8 Å². The lowest BCUT2D eigenvalue weighted by molar-refractivity contribution is -0.123. The Morgan fingerprint density at radius 3 is 2.12 bits per heavy atom. The highest BCUT2D eigenvalue weighted by Crippen LogP contribution is 2.12. The highest BCUT2D eigenvalue weighted by molar-refractivity contribution is 5.94. The van der Waals surface area contributed by atoms with Gasteiger partial charge in [-0.25, -0.2) is 0 Å². The number of hydrogen-bond acceptors (Lipinski definition) is 4. The molecular weight excluding hydrogens is 306 g/mol. The summed E-state index contributed by atoms with van der Waals surface area (Å²) in [7, 11) is 0. The first-order valence-electron chi connectivity index (χ1n) is 7.74. The van der Waals surface area contributed by atoms with E-state index in [0.29, 0.717) is 24.5 Å². The van der Waals surface area contributed by atoms with Crippen LogP contribution in [0.1, 0.15) is 22.8 Å². The summed E-state index contributed by atoms with van der Waals surface area (Å²) in [6.45, 7) is 4.23. The lowest BCUT2D eigenvalue weighted by Gasteiger charge is -2.09. The van der Waals surface area contributed by atoms with E-state index in [-0.39, 0.29) is 18.3 Å². The normalized spacial score (nSPS) is 10.1. The minimum atomic E-state index is -0.224. The number of carbonyl (C=O) groups excluding carboxylic acids is 2. The predicted molar refractivity (Wildman–Crippen MR) is 91.6 cm³/mol. The Hall–Kier alpha value is -2.82. The molecule has 0 spiro atoms. The van der Waals surface area contributed by atoms with E-state index in [9.17, 15) is 9.59 Å². The van der Waals surface area contributed by atoms with Crippen molar-refractivity contribution < 1.29 is 19.1 Å². The number of Topliss-reactive ketones (excluding diaryl/α,β-unsaturated/α-hetero) is 1. The maximum absolute atomic E-state index is 11.7. The Morgan fingerprint density at radius 1 is 0.917 bits per heavy atom. The summed E-state index contributed by atoms with van der Waals surface area (Å²) in [6, 6.07) is 14.4. The van der Waals surface area contributed by atoms with Crippen LogP contribution in [0.25, 0.3) is 0 Å². The second-order valence-electron chi connectivity index (χ2n) is 5.38. The number of ketones is 1. The Labute approximate surface area is 141 Å². The zero-order valence-corrected chi connectivity index (χ0v) is 13.9. The summed E-state index contributed by atoms with van der Waals surface area (Å²) in [6.07, 6.45) is 0. The molecule has 5 heteroatoms. The number of aryl methyl sites for hydroxylation is 1. The average molecular weight is 327 g/mol. The molecule has 5 nitrogen and oxygen atoms in total. The monoisotopic (exact) mass is 327 g/mol. The first-order chi connectivity index (χ1) is 11.5. The molecule has 0 heterocycles. The van der Waals surface area contributed by atoms with Gasteiger partial charge in [0.25, 0.3) is 5.91 Å². The van der Waals surface area contributed by atoms with Crippen LogP contribution >= 0.6 is 0 Å². The molecule has 1 N–H and O–H groups in total. The molecule has 0 atom stereocenters. The Bertz CT molecular complexity index is 678. The number of amides is 1. The third-order valence-electron chi connectivity index (χ3n) is 3.34. The van der Waals surface area contributed by atoms with Gasteiger partial charge in [-0.1, -0.05) is 17.7 Å². The smallest absolute Gasteiger partial charge is 0.258 e. The zero-order valence-electron chi connectivity index (χ0n) is 13.9. The van der Waals surface area contributed by atoms with E-state index in [0.717, 1.165) is 5.75 Å². The Balaban J connectivity index is 1.64. The van der Waals surface area contributed by atoms with Gasteiger partial charge in [-0.05, 0) is 50.2 Å². The SMILES string of the molecule is CC(=O)c1ccc(OCC(=O)NCCOc2ccc(C)cc2)cc1. The number of ether oxygens (including phenoxy) is 2. The number of rotatable bonds is 8. The number of nitrogens with one attached hydrogen (secondary N) is 1. The molecule has 0 aliphatic carbocycles. The second kappa shape index (κ2) is 8.72. The van der Waals surface area contributed by atoms with Crippen LogP contribution in [-0.2, 0) is 4.79 Å². The molecule has 0 radical (unpaired) electrons. The van der Waals surface area contributed by atoms with Crippen molar-refractivity contribution in [3.05, 3.63) is 59.7 Å². The number of carbonyl (C=O) groups is 2. The van der Waals surface area contributed by atoms with Crippen molar-refractivity contribution in [1.29, 1.82) is 0 Å². The summed E-state index contributed by atoms with van der Waals surface area (Å²) in [5.74, 6) is 1.09. The van der Waals surface area contributed by atoms with Crippen molar-refractivity contribution in [1.82, 2.24) is 5.32 Å². The van der Waals surface area contributed by atoms with Crippen LogP contribution in [0, 0.1) is 6.92 Å². The van der Waals surface area contributed by atoms with Crippen molar-refractivity contribution in [3.63, 3.8) is 0 Å². The molecule has 2 rings (SSSR count). The fourth-order valence-electron chi connectivity index (χ4n) is 1.98. The topological polar surface area (TPSA) is 64.6 Å². The summed E-state index contributed by atoms with van der Waals surface area (Å²) < 4.78 is 10.9. The minimum Gasteiger partial charge on any atom is -0.492 e. The summed E-state index contributed by atoms with van der Waals surface area (Å²) in [5, 5.41) is 2.72. The quantitative estimate of drug-likeness (QED) is 0.598. The fourth-order valence-corrected chi connectivity index (χ4v) is 1.98. The second-order valence-corrected chi connectivity index (χ2v) is 5.38. The van der Waals surface area contributed by atoms with Gasteiger partial charge in [0.2, 0.25) is 0 Å². The fraction of sp³-hybridized carbons (Fsp3) is 0.263. The lowest BCUT2D eigenvalue weighted by Crippen LogP contribution is -2.32. The van der Waals surface area contributed by atoms with E-state index in [1.165, 1.54) is 12.5 Å². The Kier molecular flexibility index (Phi) is 6.37. The van der Waals surface area contributed by atoms with Gasteiger partial charge in [0, 0.05) is 5.56 Å². The maximum atomic E-state index is 11.7. The molecule has 0 aromatic heterocycles. The van der Waals surface area contributed by atoms with Gasteiger partial charge in [0.1, 0.15) is 18.1 Å². The van der Waals surface area contributed by atoms with Crippen molar-refractivity contribution >= 4 is 11.7 Å². The summed E-state index contributed by atoms with van der Waals surface area (Å²) in [4.78, 5) is 22.9. The molecule has 2 aromatic rings. The average Bonchev–Trinajstić information content (AvgIpc) is 2.59. The van der Waals surface area contributed by atoms with E-state index in [1.54, 1.807) is 24.3 Å². The van der Waals surface area contributed by atoms with E-state index in [1.807, 2.05) is 31.2 Å². The van der Waals surface area contributed by atoms with Gasteiger partial charge in [-0.15, -0.1) is 0 Å². The molecule has 0 bridgehead atoms. The van der Waals surface area contributed by atoms with Crippen LogP contribution < -0.4 is 14.8 Å². The minimum absolute atomic E-state index is 0.00660. The van der Waals surface area contributed by atoms with E-state index in [2.05, 4.69) is 5.32 Å². The first kappa shape index (κ1) is 17.5. The van der Waals surface area contributed by atoms with Gasteiger partial charge in [0.05, 0.1) is 6.54 Å². The van der Waals surface area contributed by atoms with Crippen LogP contribution in [0.4, 0.5) is 0 Å². The zero-order chi connectivity index (χ0) is 17.4. The predicted octanol–water partition coefficient (Wildman–Crippen LogP) is 2.77. The first-order valence-corrected chi connectivity index (χ1v) is 7.74. The van der Waals surface area contributed by atoms with Gasteiger partial charge in [-0.3, -0.25) is 9.59 Å². The van der Waals surface area contributed by atoms with E-state index >= 15 is 0 Å². The van der Waals surface area contributed by atoms with Crippen molar-refractivity contribution in [2.45, 2.75) is 13.8 Å². The van der Waals surface area contributed by atoms with Crippen LogP contribution in [0.5, 0.6) is 11.5 Å². The summed E-state index contributed by atoms with van der Waals surface area (Å²) in [5.41, 5.74) is 1.78. The van der Waals surface area contributed by atoms with E-state index < -0.39 is 0 Å². The van der Waals surface area contributed by atoms with Gasteiger partial charge in [0.15, 0.2) is 12.4 Å². The Morgan fingerprint density at radius 2 is 1.50 bits per heavy atom. The molecule has 0 aliphatic rings. The van der Waals surface area contributed by atoms with Crippen LogP contribution in [0.15, 0.2) is 48.5 Å². The van der Waals surface area contributed by atoms with Crippen LogP contribution in [-0.4, -0.2) is 31.4 Å². The van der Waals surface area contributed by atoms with Crippen molar-refractivity contribution in [2.24, 2.45) is 0 Å². The number of benzene rings is 2. The third-order valence-corrected chi connectivity index (χ3v) is 3.34. The van der Waals surface area contributed by atoms with Gasteiger partial charge in [-0.2, -0.15) is 0 Å². The molecule has 0 unspecified atom stereocenters. The number of hydrogen-bond donors (Lipinski definition) is 1. The third kappa shape index (κ3) is 5.76. The van der Waals surface area contributed by atoms with Crippen LogP contribution in [0.2, 0.25) is 0 Å². The molecule has 0 aliphatic heterocycles. The highest BCUT2D eigenvalue weighted by Gasteiger charge is 2.04. The van der Waals surface area contributed by atoms with Crippen LogP contribution in [0.3, 0.4) is 0 Å². The van der Waals surface area contributed by atoms with Crippen molar-refractivity contribution in [3.8, 4) is 11.5 Å². The maximum Gasteiger partial charge on any atom is 0.258 e. The summed E-state index contributed by atoms with van der Waals surface area (Å²) >= 11 is 0. The molecule has 24 heavy (non-hydrogen) atoms. The molecule has 1 amide bonds. The molecule has 126 valence electrons. The lowest BCUT2D eigenvalue weighted by atomic mass is 10.1. The molecule has 0 fully saturated rings. The van der Waals surface area contributed by atoms with Crippen molar-refractivity contribution in [2.75, 3.05) is 19.8 Å². The molecule has 0 saturated carbocycles. The molecule has 2 aromatic carbocycles. The highest BCUT2D eigenvalue weighted by atomic mass is 16.5.